The number of hydrogen-bond donors (Lipinski definition) is 0. The lowest BCUT2D eigenvalue weighted by atomic mass is 9.89. The van der Waals surface area contributed by atoms with Gasteiger partial charge in [-0.3, -0.25) is 0 Å². The third-order valence-corrected chi connectivity index (χ3v) is 2.55. The minimum absolute atomic E-state index is 0.451. The summed E-state index contributed by atoms with van der Waals surface area (Å²) in [5, 5.41) is 0. The van der Waals surface area contributed by atoms with E-state index in [-0.39, 0.29) is 0 Å². The van der Waals surface area contributed by atoms with E-state index in [4.69, 9.17) is 4.74 Å². The minimum atomic E-state index is 0.451. The fraction of sp³-hybridized carbons (Fsp3) is 0.571. The summed E-state index contributed by atoms with van der Waals surface area (Å²) in [6.07, 6.45) is 3.70. The molecule has 1 aromatic rings. The monoisotopic (exact) mass is 206 g/mol. The number of benzene rings is 1. The molecule has 0 N–H and O–H groups in total. The summed E-state index contributed by atoms with van der Waals surface area (Å²) >= 11 is 0. The van der Waals surface area contributed by atoms with Crippen LogP contribution < -0.4 is 4.74 Å². The molecular formula is C14H22O. The van der Waals surface area contributed by atoms with Gasteiger partial charge < -0.3 is 4.74 Å². The van der Waals surface area contributed by atoms with Gasteiger partial charge in [-0.2, -0.15) is 0 Å². The van der Waals surface area contributed by atoms with Gasteiger partial charge in [0.15, 0.2) is 0 Å². The summed E-state index contributed by atoms with van der Waals surface area (Å²) in [6.45, 7) is 6.88. The number of ether oxygens (including phenoxy) is 1. The molecule has 0 fully saturated rings. The Hall–Kier alpha value is -0.980. The standard InChI is InChI=1S/C14H22O/c1-14(2,3)11-5-6-12-7-9-13(15-4)10-8-12/h7-10H,5-6,11H2,1-4H3. The molecule has 1 nitrogen and oxygen atoms in total. The third kappa shape index (κ3) is 4.87. The molecule has 84 valence electrons. The normalized spacial score (nSPS) is 11.5. The lowest BCUT2D eigenvalue weighted by Crippen LogP contribution is -2.04. The van der Waals surface area contributed by atoms with Gasteiger partial charge in [-0.05, 0) is 42.4 Å². The van der Waals surface area contributed by atoms with Crippen LogP contribution in [0.4, 0.5) is 0 Å². The molecule has 0 amide bonds. The van der Waals surface area contributed by atoms with Crippen molar-refractivity contribution in [2.45, 2.75) is 40.0 Å². The van der Waals surface area contributed by atoms with Crippen LogP contribution in [0.15, 0.2) is 24.3 Å². The van der Waals surface area contributed by atoms with Crippen LogP contribution in [-0.2, 0) is 6.42 Å². The average Bonchev–Trinajstić information content (AvgIpc) is 2.17. The molecule has 0 saturated carbocycles. The maximum Gasteiger partial charge on any atom is 0.118 e. The predicted molar refractivity (Wildman–Crippen MR) is 65.4 cm³/mol. The molecule has 0 spiro atoms. The number of hydrogen-bond acceptors (Lipinski definition) is 1. The Morgan fingerprint density at radius 2 is 1.67 bits per heavy atom. The smallest absolute Gasteiger partial charge is 0.118 e. The number of methoxy groups -OCH3 is 1. The van der Waals surface area contributed by atoms with Gasteiger partial charge in [0.2, 0.25) is 0 Å². The van der Waals surface area contributed by atoms with Crippen LogP contribution in [0, 0.1) is 5.41 Å². The molecule has 0 aromatic heterocycles. The van der Waals surface area contributed by atoms with Crippen LogP contribution in [-0.4, -0.2) is 7.11 Å². The second kappa shape index (κ2) is 5.20. The Bertz CT molecular complexity index is 279. The van der Waals surface area contributed by atoms with Gasteiger partial charge in [-0.25, -0.2) is 0 Å². The number of rotatable bonds is 4. The van der Waals surface area contributed by atoms with Crippen LogP contribution in [0.5, 0.6) is 5.75 Å². The van der Waals surface area contributed by atoms with Crippen molar-refractivity contribution in [3.8, 4) is 5.75 Å². The lowest BCUT2D eigenvalue weighted by molar-refractivity contribution is 0.365. The molecule has 0 bridgehead atoms. The molecule has 1 rings (SSSR count). The van der Waals surface area contributed by atoms with Gasteiger partial charge in [0, 0.05) is 0 Å². The van der Waals surface area contributed by atoms with Gasteiger partial charge in [0.1, 0.15) is 5.75 Å². The van der Waals surface area contributed by atoms with Crippen LogP contribution in [0.25, 0.3) is 0 Å². The summed E-state index contributed by atoms with van der Waals surface area (Å²) in [5.74, 6) is 0.939. The first-order chi connectivity index (χ1) is 7.01. The molecule has 0 saturated heterocycles. The van der Waals surface area contributed by atoms with Crippen molar-refractivity contribution >= 4 is 0 Å². The van der Waals surface area contributed by atoms with Gasteiger partial charge in [-0.1, -0.05) is 32.9 Å². The van der Waals surface area contributed by atoms with E-state index in [1.54, 1.807) is 7.11 Å². The Kier molecular flexibility index (Phi) is 4.19. The Morgan fingerprint density at radius 3 is 2.13 bits per heavy atom. The molecule has 0 radical (unpaired) electrons. The molecular weight excluding hydrogens is 184 g/mol. The molecule has 0 aliphatic rings. The van der Waals surface area contributed by atoms with Gasteiger partial charge >= 0.3 is 0 Å². The van der Waals surface area contributed by atoms with E-state index in [2.05, 4.69) is 32.9 Å². The number of aryl methyl sites for hydroxylation is 1. The maximum atomic E-state index is 5.13. The second-order valence-electron chi connectivity index (χ2n) is 5.26. The summed E-state index contributed by atoms with van der Waals surface area (Å²) in [7, 11) is 1.70. The first kappa shape index (κ1) is 12.1. The van der Waals surface area contributed by atoms with Crippen LogP contribution in [0.2, 0.25) is 0 Å². The highest BCUT2D eigenvalue weighted by Crippen LogP contribution is 2.22. The van der Waals surface area contributed by atoms with E-state index in [1.165, 1.54) is 24.8 Å². The maximum absolute atomic E-state index is 5.13. The van der Waals surface area contributed by atoms with Crippen molar-refractivity contribution in [2.75, 3.05) is 7.11 Å². The predicted octanol–water partition coefficient (Wildman–Crippen LogP) is 4.06. The first-order valence-corrected chi connectivity index (χ1v) is 5.64. The molecule has 1 heteroatoms. The van der Waals surface area contributed by atoms with Gasteiger partial charge in [0.05, 0.1) is 7.11 Å². The summed E-state index contributed by atoms with van der Waals surface area (Å²) in [6, 6.07) is 8.38. The van der Waals surface area contributed by atoms with Crippen molar-refractivity contribution < 1.29 is 4.74 Å². The summed E-state index contributed by atoms with van der Waals surface area (Å²) < 4.78 is 5.13. The fourth-order valence-electron chi connectivity index (χ4n) is 1.62. The SMILES string of the molecule is COc1ccc(CCCC(C)(C)C)cc1. The molecule has 1 aromatic carbocycles. The van der Waals surface area contributed by atoms with Crippen LogP contribution in [0.3, 0.4) is 0 Å². The lowest BCUT2D eigenvalue weighted by Gasteiger charge is -2.17. The van der Waals surface area contributed by atoms with Crippen molar-refractivity contribution in [2.24, 2.45) is 5.41 Å². The van der Waals surface area contributed by atoms with Crippen molar-refractivity contribution in [3.05, 3.63) is 29.8 Å². The zero-order valence-electron chi connectivity index (χ0n) is 10.3. The Balaban J connectivity index is 2.38. The molecule has 0 atom stereocenters. The van der Waals surface area contributed by atoms with Crippen molar-refractivity contribution in [3.63, 3.8) is 0 Å². The van der Waals surface area contributed by atoms with E-state index in [9.17, 15) is 0 Å². The quantitative estimate of drug-likeness (QED) is 0.721. The molecule has 0 unspecified atom stereocenters. The second-order valence-corrected chi connectivity index (χ2v) is 5.26. The summed E-state index contributed by atoms with van der Waals surface area (Å²) in [5.41, 5.74) is 1.85. The highest BCUT2D eigenvalue weighted by Gasteiger charge is 2.09. The van der Waals surface area contributed by atoms with Gasteiger partial charge in [-0.15, -0.1) is 0 Å². The third-order valence-electron chi connectivity index (χ3n) is 2.55. The Morgan fingerprint density at radius 1 is 1.07 bits per heavy atom. The summed E-state index contributed by atoms with van der Waals surface area (Å²) in [4.78, 5) is 0. The zero-order valence-corrected chi connectivity index (χ0v) is 10.3. The largest absolute Gasteiger partial charge is 0.497 e. The topological polar surface area (TPSA) is 9.23 Å². The molecule has 0 aliphatic heterocycles. The molecule has 15 heavy (non-hydrogen) atoms. The molecule has 0 heterocycles. The van der Waals surface area contributed by atoms with E-state index in [0.717, 1.165) is 5.75 Å². The van der Waals surface area contributed by atoms with E-state index >= 15 is 0 Å². The van der Waals surface area contributed by atoms with E-state index < -0.39 is 0 Å². The molecule has 0 aliphatic carbocycles. The van der Waals surface area contributed by atoms with Gasteiger partial charge in [0.25, 0.3) is 0 Å². The van der Waals surface area contributed by atoms with Crippen LogP contribution in [0.1, 0.15) is 39.2 Å². The first-order valence-electron chi connectivity index (χ1n) is 5.64. The highest BCUT2D eigenvalue weighted by molar-refractivity contribution is 5.27. The van der Waals surface area contributed by atoms with Crippen LogP contribution >= 0.6 is 0 Å². The average molecular weight is 206 g/mol. The zero-order chi connectivity index (χ0) is 11.3. The van der Waals surface area contributed by atoms with Crippen molar-refractivity contribution in [1.29, 1.82) is 0 Å². The fourth-order valence-corrected chi connectivity index (χ4v) is 1.62. The van der Waals surface area contributed by atoms with E-state index in [0.29, 0.717) is 5.41 Å². The van der Waals surface area contributed by atoms with Crippen molar-refractivity contribution in [1.82, 2.24) is 0 Å². The van der Waals surface area contributed by atoms with E-state index in [1.807, 2.05) is 12.1 Å². The Labute approximate surface area is 93.5 Å². The highest BCUT2D eigenvalue weighted by atomic mass is 16.5. The minimum Gasteiger partial charge on any atom is -0.497 e.